The Labute approximate surface area is 121 Å². The van der Waals surface area contributed by atoms with Crippen LogP contribution in [0.2, 0.25) is 0 Å². The SMILES string of the molecule is COc1ccc(C(C)O)c(OCc2cc(F)cc(F)c2)c1. The molecular weight excluding hydrogens is 278 g/mol. The second-order valence-corrected chi connectivity index (χ2v) is 4.65. The van der Waals surface area contributed by atoms with Crippen molar-refractivity contribution in [3.63, 3.8) is 0 Å². The average Bonchev–Trinajstić information content (AvgIpc) is 2.43. The molecule has 2 aromatic carbocycles. The Bertz CT molecular complexity index is 607. The second-order valence-electron chi connectivity index (χ2n) is 4.65. The van der Waals surface area contributed by atoms with Gasteiger partial charge in [0.1, 0.15) is 29.7 Å². The fraction of sp³-hybridized carbons (Fsp3) is 0.250. The smallest absolute Gasteiger partial charge is 0.129 e. The molecule has 21 heavy (non-hydrogen) atoms. The summed E-state index contributed by atoms with van der Waals surface area (Å²) in [6, 6.07) is 8.21. The molecule has 0 saturated carbocycles. The minimum atomic E-state index is -0.727. The van der Waals surface area contributed by atoms with E-state index in [1.165, 1.54) is 19.2 Å². The third-order valence-corrected chi connectivity index (χ3v) is 2.99. The lowest BCUT2D eigenvalue weighted by Gasteiger charge is -2.15. The van der Waals surface area contributed by atoms with Crippen LogP contribution in [0.15, 0.2) is 36.4 Å². The summed E-state index contributed by atoms with van der Waals surface area (Å²) >= 11 is 0. The van der Waals surface area contributed by atoms with E-state index in [0.29, 0.717) is 22.6 Å². The highest BCUT2D eigenvalue weighted by Gasteiger charge is 2.11. The minimum Gasteiger partial charge on any atom is -0.497 e. The van der Waals surface area contributed by atoms with Crippen LogP contribution in [0.1, 0.15) is 24.2 Å². The monoisotopic (exact) mass is 294 g/mol. The second kappa shape index (κ2) is 6.54. The minimum absolute atomic E-state index is 0.0123. The van der Waals surface area contributed by atoms with E-state index in [0.717, 1.165) is 6.07 Å². The molecular formula is C16H16F2O3. The van der Waals surface area contributed by atoms with Crippen molar-refractivity contribution in [2.75, 3.05) is 7.11 Å². The molecule has 0 radical (unpaired) electrons. The van der Waals surface area contributed by atoms with Gasteiger partial charge in [-0.3, -0.25) is 0 Å². The van der Waals surface area contributed by atoms with Gasteiger partial charge in [0, 0.05) is 17.7 Å². The topological polar surface area (TPSA) is 38.7 Å². The molecule has 0 saturated heterocycles. The van der Waals surface area contributed by atoms with Gasteiger partial charge in [-0.15, -0.1) is 0 Å². The van der Waals surface area contributed by atoms with Gasteiger partial charge < -0.3 is 14.6 Å². The van der Waals surface area contributed by atoms with E-state index in [1.807, 2.05) is 0 Å². The van der Waals surface area contributed by atoms with E-state index in [9.17, 15) is 13.9 Å². The molecule has 0 aliphatic heterocycles. The van der Waals surface area contributed by atoms with Gasteiger partial charge in [-0.05, 0) is 36.8 Å². The van der Waals surface area contributed by atoms with Gasteiger partial charge >= 0.3 is 0 Å². The Hall–Kier alpha value is -2.14. The Morgan fingerprint density at radius 3 is 2.33 bits per heavy atom. The molecule has 2 rings (SSSR count). The van der Waals surface area contributed by atoms with Crippen LogP contribution in [0.25, 0.3) is 0 Å². The molecule has 0 aromatic heterocycles. The molecule has 3 nitrogen and oxygen atoms in total. The predicted molar refractivity (Wildman–Crippen MR) is 74.3 cm³/mol. The quantitative estimate of drug-likeness (QED) is 0.915. The predicted octanol–water partition coefficient (Wildman–Crippen LogP) is 3.61. The van der Waals surface area contributed by atoms with Crippen LogP contribution in [0.3, 0.4) is 0 Å². The summed E-state index contributed by atoms with van der Waals surface area (Å²) in [5.41, 5.74) is 0.944. The highest BCUT2D eigenvalue weighted by atomic mass is 19.1. The first-order valence-electron chi connectivity index (χ1n) is 6.43. The molecule has 1 atom stereocenters. The number of hydrogen-bond acceptors (Lipinski definition) is 3. The summed E-state index contributed by atoms with van der Waals surface area (Å²) in [7, 11) is 1.52. The fourth-order valence-electron chi connectivity index (χ4n) is 1.97. The first-order valence-corrected chi connectivity index (χ1v) is 6.43. The third-order valence-electron chi connectivity index (χ3n) is 2.99. The average molecular weight is 294 g/mol. The third kappa shape index (κ3) is 3.92. The molecule has 0 spiro atoms. The number of benzene rings is 2. The van der Waals surface area contributed by atoms with Crippen molar-refractivity contribution in [3.05, 3.63) is 59.2 Å². The van der Waals surface area contributed by atoms with Crippen LogP contribution in [-0.4, -0.2) is 12.2 Å². The van der Waals surface area contributed by atoms with Crippen LogP contribution in [-0.2, 0) is 6.61 Å². The number of hydrogen-bond donors (Lipinski definition) is 1. The largest absolute Gasteiger partial charge is 0.497 e. The van der Waals surface area contributed by atoms with Gasteiger partial charge in [-0.2, -0.15) is 0 Å². The lowest BCUT2D eigenvalue weighted by atomic mass is 10.1. The van der Waals surface area contributed by atoms with Crippen LogP contribution in [0.4, 0.5) is 8.78 Å². The number of aliphatic hydroxyl groups excluding tert-OH is 1. The van der Waals surface area contributed by atoms with Gasteiger partial charge in [0.05, 0.1) is 13.2 Å². The maximum atomic E-state index is 13.1. The van der Waals surface area contributed by atoms with E-state index in [4.69, 9.17) is 9.47 Å². The van der Waals surface area contributed by atoms with Crippen molar-refractivity contribution in [2.45, 2.75) is 19.6 Å². The number of aliphatic hydroxyl groups is 1. The van der Waals surface area contributed by atoms with E-state index in [1.54, 1.807) is 25.1 Å². The summed E-state index contributed by atoms with van der Waals surface area (Å²) in [6.07, 6.45) is -0.727. The highest BCUT2D eigenvalue weighted by molar-refractivity contribution is 5.42. The van der Waals surface area contributed by atoms with Crippen LogP contribution in [0.5, 0.6) is 11.5 Å². The zero-order chi connectivity index (χ0) is 15.4. The van der Waals surface area contributed by atoms with E-state index in [-0.39, 0.29) is 6.61 Å². The van der Waals surface area contributed by atoms with E-state index in [2.05, 4.69) is 0 Å². The van der Waals surface area contributed by atoms with Crippen molar-refractivity contribution in [2.24, 2.45) is 0 Å². The Morgan fingerprint density at radius 2 is 1.76 bits per heavy atom. The Kier molecular flexibility index (Phi) is 4.75. The number of methoxy groups -OCH3 is 1. The molecule has 2 aromatic rings. The molecule has 0 heterocycles. The Morgan fingerprint density at radius 1 is 1.10 bits per heavy atom. The molecule has 1 unspecified atom stereocenters. The molecule has 0 bridgehead atoms. The summed E-state index contributed by atoms with van der Waals surface area (Å²) in [5.74, 6) is -0.334. The molecule has 112 valence electrons. The van der Waals surface area contributed by atoms with Crippen LogP contribution < -0.4 is 9.47 Å². The van der Waals surface area contributed by atoms with Gasteiger partial charge in [0.15, 0.2) is 0 Å². The number of halogens is 2. The summed E-state index contributed by atoms with van der Waals surface area (Å²) in [6.45, 7) is 1.60. The first-order chi connectivity index (χ1) is 9.99. The molecule has 0 amide bonds. The Balaban J connectivity index is 2.21. The zero-order valence-electron chi connectivity index (χ0n) is 11.8. The van der Waals surface area contributed by atoms with Crippen molar-refractivity contribution in [1.82, 2.24) is 0 Å². The molecule has 5 heteroatoms. The van der Waals surface area contributed by atoms with E-state index >= 15 is 0 Å². The lowest BCUT2D eigenvalue weighted by molar-refractivity contribution is 0.189. The highest BCUT2D eigenvalue weighted by Crippen LogP contribution is 2.30. The number of ether oxygens (including phenoxy) is 2. The van der Waals surface area contributed by atoms with Crippen molar-refractivity contribution in [3.8, 4) is 11.5 Å². The van der Waals surface area contributed by atoms with Crippen LogP contribution in [0, 0.1) is 11.6 Å². The van der Waals surface area contributed by atoms with E-state index < -0.39 is 17.7 Å². The van der Waals surface area contributed by atoms with Crippen LogP contribution >= 0.6 is 0 Å². The lowest BCUT2D eigenvalue weighted by Crippen LogP contribution is -2.02. The van der Waals surface area contributed by atoms with Gasteiger partial charge in [-0.1, -0.05) is 0 Å². The van der Waals surface area contributed by atoms with Crippen molar-refractivity contribution in [1.29, 1.82) is 0 Å². The summed E-state index contributed by atoms with van der Waals surface area (Å²) in [5, 5.41) is 9.71. The maximum absolute atomic E-state index is 13.1. The number of rotatable bonds is 5. The first kappa shape index (κ1) is 15.3. The molecule has 0 aliphatic carbocycles. The zero-order valence-corrected chi connectivity index (χ0v) is 11.8. The van der Waals surface area contributed by atoms with Gasteiger partial charge in [0.2, 0.25) is 0 Å². The molecule has 0 aliphatic rings. The molecule has 1 N–H and O–H groups in total. The summed E-state index contributed by atoms with van der Waals surface area (Å²) < 4.78 is 36.9. The standard InChI is InChI=1S/C16H16F2O3/c1-10(19)15-4-3-14(20-2)8-16(15)21-9-11-5-12(17)7-13(18)6-11/h3-8,10,19H,9H2,1-2H3. The normalized spacial score (nSPS) is 12.0. The van der Waals surface area contributed by atoms with Crippen molar-refractivity contribution >= 4 is 0 Å². The fourth-order valence-corrected chi connectivity index (χ4v) is 1.97. The van der Waals surface area contributed by atoms with Gasteiger partial charge in [-0.25, -0.2) is 8.78 Å². The summed E-state index contributed by atoms with van der Waals surface area (Å²) in [4.78, 5) is 0. The van der Waals surface area contributed by atoms with Gasteiger partial charge in [0.25, 0.3) is 0 Å². The van der Waals surface area contributed by atoms with Crippen molar-refractivity contribution < 1.29 is 23.4 Å². The molecule has 0 fully saturated rings. The maximum Gasteiger partial charge on any atom is 0.129 e.